The van der Waals surface area contributed by atoms with E-state index in [-0.39, 0.29) is 17.7 Å². The molecule has 0 aromatic heterocycles. The van der Waals surface area contributed by atoms with Gasteiger partial charge in [-0.3, -0.25) is 14.5 Å². The molecular weight excluding hydrogens is 384 g/mol. The monoisotopic (exact) mass is 416 g/mol. The molecule has 1 unspecified atom stereocenters. The number of benzene rings is 1. The molecule has 0 saturated carbocycles. The molecule has 158 valence electrons. The van der Waals surface area contributed by atoms with Gasteiger partial charge < -0.3 is 14.7 Å². The van der Waals surface area contributed by atoms with Gasteiger partial charge in [-0.2, -0.15) is 0 Å². The summed E-state index contributed by atoms with van der Waals surface area (Å²) >= 11 is 1.68. The van der Waals surface area contributed by atoms with Crippen molar-refractivity contribution in [3.8, 4) is 0 Å². The van der Waals surface area contributed by atoms with Crippen LogP contribution in [0.2, 0.25) is 0 Å². The number of carbonyl (C=O) groups is 2. The van der Waals surface area contributed by atoms with Crippen LogP contribution in [0, 0.1) is 5.92 Å². The molecule has 3 aliphatic heterocycles. The van der Waals surface area contributed by atoms with Gasteiger partial charge in [-0.05, 0) is 56.5 Å². The molecule has 3 aliphatic rings. The highest BCUT2D eigenvalue weighted by molar-refractivity contribution is 7.98. The first kappa shape index (κ1) is 20.7. The molecule has 3 saturated heterocycles. The third-order valence-electron chi connectivity index (χ3n) is 6.47. The second-order valence-corrected chi connectivity index (χ2v) is 9.20. The Morgan fingerprint density at radius 3 is 2.21 bits per heavy atom. The summed E-state index contributed by atoms with van der Waals surface area (Å²) < 4.78 is 0. The van der Waals surface area contributed by atoms with Crippen LogP contribution < -0.4 is 4.90 Å². The molecule has 6 nitrogen and oxygen atoms in total. The van der Waals surface area contributed by atoms with Gasteiger partial charge in [-0.15, -0.1) is 11.8 Å². The number of hydrogen-bond acceptors (Lipinski definition) is 5. The minimum absolute atomic E-state index is 0.0597. The molecule has 0 N–H and O–H groups in total. The Balaban J connectivity index is 1.26. The molecule has 3 fully saturated rings. The molecule has 3 heterocycles. The lowest BCUT2D eigenvalue weighted by molar-refractivity contribution is -0.137. The van der Waals surface area contributed by atoms with Crippen molar-refractivity contribution in [2.24, 2.45) is 5.92 Å². The van der Waals surface area contributed by atoms with Crippen molar-refractivity contribution >= 4 is 29.3 Å². The quantitative estimate of drug-likeness (QED) is 0.664. The molecule has 0 aliphatic carbocycles. The molecule has 4 rings (SSSR count). The van der Waals surface area contributed by atoms with E-state index >= 15 is 0 Å². The number of carbonyl (C=O) groups excluding carboxylic acids is 2. The average Bonchev–Trinajstić information content (AvgIpc) is 3.42. The van der Waals surface area contributed by atoms with Gasteiger partial charge in [0.2, 0.25) is 11.8 Å². The van der Waals surface area contributed by atoms with Crippen molar-refractivity contribution in [1.29, 1.82) is 0 Å². The van der Waals surface area contributed by atoms with Gasteiger partial charge >= 0.3 is 0 Å². The molecule has 29 heavy (non-hydrogen) atoms. The van der Waals surface area contributed by atoms with Gasteiger partial charge in [0, 0.05) is 62.8 Å². The van der Waals surface area contributed by atoms with E-state index in [9.17, 15) is 9.59 Å². The highest BCUT2D eigenvalue weighted by atomic mass is 32.2. The Kier molecular flexibility index (Phi) is 6.77. The third kappa shape index (κ3) is 4.95. The summed E-state index contributed by atoms with van der Waals surface area (Å²) in [5.74, 6) is 0.00385. The van der Waals surface area contributed by atoms with Gasteiger partial charge in [0.1, 0.15) is 0 Å². The number of nitrogens with zero attached hydrogens (tertiary/aromatic N) is 4. The van der Waals surface area contributed by atoms with Crippen LogP contribution in [0.1, 0.15) is 19.3 Å². The number of thioether (sulfide) groups is 1. The second kappa shape index (κ2) is 9.49. The summed E-state index contributed by atoms with van der Waals surface area (Å²) in [6.07, 6.45) is 5.04. The number of hydrogen-bond donors (Lipinski definition) is 0. The first-order valence-corrected chi connectivity index (χ1v) is 12.0. The molecule has 1 aromatic rings. The number of rotatable bonds is 6. The van der Waals surface area contributed by atoms with Crippen LogP contribution in [-0.2, 0) is 9.59 Å². The van der Waals surface area contributed by atoms with Crippen molar-refractivity contribution in [2.45, 2.75) is 24.2 Å². The van der Waals surface area contributed by atoms with E-state index in [1.54, 1.807) is 16.7 Å². The Bertz CT molecular complexity index is 712. The third-order valence-corrected chi connectivity index (χ3v) is 7.22. The Morgan fingerprint density at radius 2 is 1.59 bits per heavy atom. The van der Waals surface area contributed by atoms with Crippen LogP contribution >= 0.6 is 11.8 Å². The zero-order valence-corrected chi connectivity index (χ0v) is 18.2. The number of piperazine rings is 1. The Morgan fingerprint density at radius 1 is 0.966 bits per heavy atom. The molecule has 0 radical (unpaired) electrons. The number of anilines is 1. The fourth-order valence-electron chi connectivity index (χ4n) is 4.62. The SMILES string of the molecule is CSc1ccc(N2CC(C(=O)N3CCN(CCN4CCCC4)CC3)CC2=O)cc1. The minimum atomic E-state index is -0.209. The lowest BCUT2D eigenvalue weighted by Gasteiger charge is -2.36. The summed E-state index contributed by atoms with van der Waals surface area (Å²) in [6, 6.07) is 8.03. The maximum atomic E-state index is 13.0. The number of likely N-dealkylation sites (tertiary alicyclic amines) is 1. The molecule has 0 spiro atoms. The zero-order chi connectivity index (χ0) is 20.2. The van der Waals surface area contributed by atoms with Gasteiger partial charge in [-0.25, -0.2) is 0 Å². The van der Waals surface area contributed by atoms with Crippen LogP contribution in [0.4, 0.5) is 5.69 Å². The maximum absolute atomic E-state index is 13.0. The van der Waals surface area contributed by atoms with Crippen molar-refractivity contribution in [3.63, 3.8) is 0 Å². The maximum Gasteiger partial charge on any atom is 0.228 e. The second-order valence-electron chi connectivity index (χ2n) is 8.32. The smallest absolute Gasteiger partial charge is 0.228 e. The summed E-state index contributed by atoms with van der Waals surface area (Å²) in [6.45, 7) is 8.69. The highest BCUT2D eigenvalue weighted by Gasteiger charge is 2.37. The van der Waals surface area contributed by atoms with Crippen molar-refractivity contribution in [2.75, 3.05) is 70.1 Å². The topological polar surface area (TPSA) is 47.1 Å². The van der Waals surface area contributed by atoms with Crippen LogP contribution in [0.25, 0.3) is 0 Å². The molecular formula is C22H32N4O2S. The minimum Gasteiger partial charge on any atom is -0.340 e. The van der Waals surface area contributed by atoms with Crippen molar-refractivity contribution in [1.82, 2.24) is 14.7 Å². The van der Waals surface area contributed by atoms with Gasteiger partial charge in [0.15, 0.2) is 0 Å². The number of amides is 2. The molecule has 7 heteroatoms. The summed E-state index contributed by atoms with van der Waals surface area (Å²) in [5, 5.41) is 0. The first-order chi connectivity index (χ1) is 14.1. The summed E-state index contributed by atoms with van der Waals surface area (Å²) in [7, 11) is 0. The Hall–Kier alpha value is -1.57. The van der Waals surface area contributed by atoms with E-state index in [2.05, 4.69) is 9.80 Å². The van der Waals surface area contributed by atoms with Gasteiger partial charge in [0.05, 0.1) is 5.92 Å². The largest absolute Gasteiger partial charge is 0.340 e. The molecule has 0 bridgehead atoms. The van der Waals surface area contributed by atoms with Gasteiger partial charge in [0.25, 0.3) is 0 Å². The normalized spacial score (nSPS) is 23.9. The van der Waals surface area contributed by atoms with Gasteiger partial charge in [-0.1, -0.05) is 0 Å². The molecule has 1 aromatic carbocycles. The van der Waals surface area contributed by atoms with Crippen LogP contribution in [0.3, 0.4) is 0 Å². The first-order valence-electron chi connectivity index (χ1n) is 10.8. The van der Waals surface area contributed by atoms with E-state index in [1.807, 2.05) is 35.4 Å². The van der Waals surface area contributed by atoms with Crippen LogP contribution in [0.15, 0.2) is 29.2 Å². The standard InChI is InChI=1S/C22H32N4O2S/c1-29-20-6-4-19(5-7-20)26-17-18(16-21(26)27)22(28)25-14-12-24(13-15-25)11-10-23-8-2-3-9-23/h4-7,18H,2-3,8-17H2,1H3. The van der Waals surface area contributed by atoms with E-state index in [1.165, 1.54) is 30.8 Å². The van der Waals surface area contributed by atoms with E-state index < -0.39 is 0 Å². The predicted octanol–water partition coefficient (Wildman–Crippen LogP) is 2.00. The Labute approximate surface area is 178 Å². The van der Waals surface area contributed by atoms with Crippen molar-refractivity contribution < 1.29 is 9.59 Å². The zero-order valence-electron chi connectivity index (χ0n) is 17.4. The molecule has 2 amide bonds. The summed E-state index contributed by atoms with van der Waals surface area (Å²) in [5.41, 5.74) is 0.898. The average molecular weight is 417 g/mol. The lowest BCUT2D eigenvalue weighted by atomic mass is 10.1. The predicted molar refractivity (Wildman–Crippen MR) is 117 cm³/mol. The van der Waals surface area contributed by atoms with Crippen molar-refractivity contribution in [3.05, 3.63) is 24.3 Å². The lowest BCUT2D eigenvalue weighted by Crippen LogP contribution is -2.51. The molecule has 1 atom stereocenters. The van der Waals surface area contributed by atoms with Crippen LogP contribution in [0.5, 0.6) is 0 Å². The highest BCUT2D eigenvalue weighted by Crippen LogP contribution is 2.28. The fraction of sp³-hybridized carbons (Fsp3) is 0.636. The van der Waals surface area contributed by atoms with E-state index in [0.717, 1.165) is 45.0 Å². The fourth-order valence-corrected chi connectivity index (χ4v) is 5.03. The van der Waals surface area contributed by atoms with E-state index in [4.69, 9.17) is 0 Å². The van der Waals surface area contributed by atoms with E-state index in [0.29, 0.717) is 13.0 Å². The van der Waals surface area contributed by atoms with Crippen LogP contribution in [-0.4, -0.2) is 91.7 Å². The summed E-state index contributed by atoms with van der Waals surface area (Å²) in [4.78, 5) is 35.5.